The van der Waals surface area contributed by atoms with Gasteiger partial charge in [-0.3, -0.25) is 4.79 Å². The summed E-state index contributed by atoms with van der Waals surface area (Å²) in [6.45, 7) is 3.10. The highest BCUT2D eigenvalue weighted by Crippen LogP contribution is 2.44. The minimum Gasteiger partial charge on any atom is -0.480 e. The third-order valence-corrected chi connectivity index (χ3v) is 5.48. The van der Waals surface area contributed by atoms with Gasteiger partial charge in [0.15, 0.2) is 6.04 Å². The summed E-state index contributed by atoms with van der Waals surface area (Å²) < 4.78 is 10.4. The fourth-order valence-electron chi connectivity index (χ4n) is 3.68. The molecule has 1 aliphatic rings. The summed E-state index contributed by atoms with van der Waals surface area (Å²) in [5.41, 5.74) is 4.40. The minimum atomic E-state index is -1.23. The standard InChI is InChI=1S/C23H26N2O6/c1-13(21(26)25-20(22(27)28)14(2)30-3)24-23(29)31-12-19-17-10-6-4-8-15(17)16-9-5-7-11-18(16)19/h4-11,13-14,19-20H,12H2,1-3H3,(H,24,29)(H,25,26)(H,27,28)/t13?,14-,20+/m1/s1. The number of rotatable bonds is 8. The quantitative estimate of drug-likeness (QED) is 0.598. The molecule has 8 nitrogen and oxygen atoms in total. The second-order valence-corrected chi connectivity index (χ2v) is 7.46. The Hall–Kier alpha value is -3.39. The molecule has 0 saturated carbocycles. The zero-order valence-corrected chi connectivity index (χ0v) is 17.6. The van der Waals surface area contributed by atoms with Crippen LogP contribution in [0.25, 0.3) is 11.1 Å². The zero-order chi connectivity index (χ0) is 22.5. The summed E-state index contributed by atoms with van der Waals surface area (Å²) >= 11 is 0. The van der Waals surface area contributed by atoms with Gasteiger partial charge in [0.25, 0.3) is 0 Å². The first-order chi connectivity index (χ1) is 14.8. The Morgan fingerprint density at radius 2 is 1.52 bits per heavy atom. The fraction of sp³-hybridized carbons (Fsp3) is 0.348. The number of benzene rings is 2. The van der Waals surface area contributed by atoms with Crippen molar-refractivity contribution in [1.82, 2.24) is 10.6 Å². The Labute approximate surface area is 180 Å². The van der Waals surface area contributed by atoms with Gasteiger partial charge in [0.05, 0.1) is 6.10 Å². The Bertz CT molecular complexity index is 931. The van der Waals surface area contributed by atoms with Crippen molar-refractivity contribution < 1.29 is 29.0 Å². The van der Waals surface area contributed by atoms with E-state index in [0.29, 0.717) is 0 Å². The van der Waals surface area contributed by atoms with E-state index in [4.69, 9.17) is 9.47 Å². The largest absolute Gasteiger partial charge is 0.480 e. The minimum absolute atomic E-state index is 0.0961. The van der Waals surface area contributed by atoms with Crippen molar-refractivity contribution in [2.45, 2.75) is 38.0 Å². The number of amides is 2. The summed E-state index contributed by atoms with van der Waals surface area (Å²) in [5, 5.41) is 14.1. The summed E-state index contributed by atoms with van der Waals surface area (Å²) in [6.07, 6.45) is -1.49. The lowest BCUT2D eigenvalue weighted by atomic mass is 9.98. The second-order valence-electron chi connectivity index (χ2n) is 7.46. The molecular formula is C23H26N2O6. The number of nitrogens with one attached hydrogen (secondary N) is 2. The van der Waals surface area contributed by atoms with E-state index in [1.165, 1.54) is 21.0 Å². The van der Waals surface area contributed by atoms with Gasteiger partial charge in [0.2, 0.25) is 5.91 Å². The van der Waals surface area contributed by atoms with Crippen LogP contribution >= 0.6 is 0 Å². The number of hydrogen-bond donors (Lipinski definition) is 3. The fourth-order valence-corrected chi connectivity index (χ4v) is 3.68. The van der Waals surface area contributed by atoms with E-state index in [-0.39, 0.29) is 12.5 Å². The highest BCUT2D eigenvalue weighted by atomic mass is 16.5. The molecule has 0 bridgehead atoms. The van der Waals surface area contributed by atoms with Crippen LogP contribution < -0.4 is 10.6 Å². The second kappa shape index (κ2) is 9.61. The summed E-state index contributed by atoms with van der Waals surface area (Å²) in [7, 11) is 1.35. The predicted molar refractivity (Wildman–Crippen MR) is 114 cm³/mol. The van der Waals surface area contributed by atoms with Gasteiger partial charge in [-0.05, 0) is 36.1 Å². The lowest BCUT2D eigenvalue weighted by molar-refractivity contribution is -0.145. The Morgan fingerprint density at radius 1 is 0.968 bits per heavy atom. The van der Waals surface area contributed by atoms with Gasteiger partial charge in [-0.15, -0.1) is 0 Å². The molecule has 164 valence electrons. The molecule has 2 amide bonds. The highest BCUT2D eigenvalue weighted by molar-refractivity contribution is 5.89. The number of carbonyl (C=O) groups excluding carboxylic acids is 2. The topological polar surface area (TPSA) is 114 Å². The van der Waals surface area contributed by atoms with Crippen molar-refractivity contribution in [3.63, 3.8) is 0 Å². The lowest BCUT2D eigenvalue weighted by Gasteiger charge is -2.22. The predicted octanol–water partition coefficient (Wildman–Crippen LogP) is 2.52. The van der Waals surface area contributed by atoms with E-state index in [1.54, 1.807) is 0 Å². The van der Waals surface area contributed by atoms with Crippen LogP contribution in [0.2, 0.25) is 0 Å². The highest BCUT2D eigenvalue weighted by Gasteiger charge is 2.31. The number of carboxylic acids is 1. The van der Waals surface area contributed by atoms with Crippen LogP contribution in [0.5, 0.6) is 0 Å². The molecule has 0 saturated heterocycles. The third-order valence-electron chi connectivity index (χ3n) is 5.48. The smallest absolute Gasteiger partial charge is 0.407 e. The zero-order valence-electron chi connectivity index (χ0n) is 17.6. The maximum Gasteiger partial charge on any atom is 0.407 e. The number of carboxylic acid groups (broad SMARTS) is 1. The van der Waals surface area contributed by atoms with Crippen molar-refractivity contribution in [1.29, 1.82) is 0 Å². The van der Waals surface area contributed by atoms with E-state index in [0.717, 1.165) is 22.3 Å². The van der Waals surface area contributed by atoms with Gasteiger partial charge >= 0.3 is 12.1 Å². The summed E-state index contributed by atoms with van der Waals surface area (Å²) in [5.74, 6) is -1.97. The van der Waals surface area contributed by atoms with Crippen LogP contribution in [0.3, 0.4) is 0 Å². The summed E-state index contributed by atoms with van der Waals surface area (Å²) in [6, 6.07) is 13.7. The van der Waals surface area contributed by atoms with Gasteiger partial charge in [0.1, 0.15) is 12.6 Å². The van der Waals surface area contributed by atoms with Gasteiger partial charge in [-0.1, -0.05) is 48.5 Å². The number of hydrogen-bond acceptors (Lipinski definition) is 5. The molecular weight excluding hydrogens is 400 g/mol. The van der Waals surface area contributed by atoms with E-state index in [2.05, 4.69) is 10.6 Å². The van der Waals surface area contributed by atoms with Crippen molar-refractivity contribution in [2.75, 3.05) is 13.7 Å². The van der Waals surface area contributed by atoms with E-state index in [9.17, 15) is 19.5 Å². The number of aliphatic carboxylic acids is 1. The number of ether oxygens (including phenoxy) is 2. The van der Waals surface area contributed by atoms with Crippen LogP contribution in [0.4, 0.5) is 4.79 Å². The first-order valence-corrected chi connectivity index (χ1v) is 10.0. The molecule has 8 heteroatoms. The van der Waals surface area contributed by atoms with Crippen molar-refractivity contribution in [2.24, 2.45) is 0 Å². The summed E-state index contributed by atoms with van der Waals surface area (Å²) in [4.78, 5) is 35.9. The lowest BCUT2D eigenvalue weighted by Crippen LogP contribution is -2.54. The molecule has 0 radical (unpaired) electrons. The first kappa shape index (κ1) is 22.3. The van der Waals surface area contributed by atoms with Crippen LogP contribution in [0.1, 0.15) is 30.9 Å². The third kappa shape index (κ3) is 4.86. The van der Waals surface area contributed by atoms with Gasteiger partial charge in [-0.25, -0.2) is 9.59 Å². The molecule has 1 unspecified atom stereocenters. The van der Waals surface area contributed by atoms with Crippen molar-refractivity contribution in [3.8, 4) is 11.1 Å². The van der Waals surface area contributed by atoms with Crippen LogP contribution in [-0.2, 0) is 19.1 Å². The van der Waals surface area contributed by atoms with Gasteiger partial charge in [0, 0.05) is 13.0 Å². The van der Waals surface area contributed by atoms with Crippen LogP contribution in [-0.4, -0.2) is 55.0 Å². The number of carbonyl (C=O) groups is 3. The molecule has 31 heavy (non-hydrogen) atoms. The maximum atomic E-state index is 12.3. The van der Waals surface area contributed by atoms with E-state index < -0.39 is 36.2 Å². The van der Waals surface area contributed by atoms with Crippen molar-refractivity contribution in [3.05, 3.63) is 59.7 Å². The molecule has 0 spiro atoms. The maximum absolute atomic E-state index is 12.3. The van der Waals surface area contributed by atoms with Crippen LogP contribution in [0, 0.1) is 0 Å². The normalized spacial score (nSPS) is 15.2. The molecule has 3 atom stereocenters. The van der Waals surface area contributed by atoms with E-state index in [1.807, 2.05) is 48.5 Å². The van der Waals surface area contributed by atoms with Crippen LogP contribution in [0.15, 0.2) is 48.5 Å². The number of fused-ring (bicyclic) bond motifs is 3. The van der Waals surface area contributed by atoms with Gasteiger partial charge in [-0.2, -0.15) is 0 Å². The average Bonchev–Trinajstić information content (AvgIpc) is 3.08. The molecule has 1 aliphatic carbocycles. The number of alkyl carbamates (subject to hydrolysis) is 1. The Kier molecular flexibility index (Phi) is 6.91. The molecule has 0 heterocycles. The molecule has 3 N–H and O–H groups in total. The van der Waals surface area contributed by atoms with E-state index >= 15 is 0 Å². The molecule has 0 fully saturated rings. The first-order valence-electron chi connectivity index (χ1n) is 10.0. The number of methoxy groups -OCH3 is 1. The SMILES string of the molecule is CO[C@H](C)[C@H](NC(=O)C(C)NC(=O)OCC1c2ccccc2-c2ccccc21)C(=O)O. The van der Waals surface area contributed by atoms with Gasteiger partial charge < -0.3 is 25.2 Å². The monoisotopic (exact) mass is 426 g/mol. The molecule has 2 aromatic rings. The average molecular weight is 426 g/mol. The Morgan fingerprint density at radius 3 is 2.03 bits per heavy atom. The molecule has 3 rings (SSSR count). The molecule has 0 aromatic heterocycles. The molecule has 0 aliphatic heterocycles. The Balaban J connectivity index is 1.59. The van der Waals surface area contributed by atoms with Crippen molar-refractivity contribution >= 4 is 18.0 Å². The molecule has 2 aromatic carbocycles.